The van der Waals surface area contributed by atoms with Gasteiger partial charge in [0, 0.05) is 12.6 Å². The van der Waals surface area contributed by atoms with E-state index in [0.29, 0.717) is 30.7 Å². The van der Waals surface area contributed by atoms with E-state index in [1.807, 2.05) is 0 Å². The first-order valence-electron chi connectivity index (χ1n) is 12.2. The first-order valence-corrected chi connectivity index (χ1v) is 12.2. The number of alkyl halides is 9. The second-order valence-electron chi connectivity index (χ2n) is 9.37. The molecule has 0 spiro atoms. The van der Waals surface area contributed by atoms with Crippen molar-refractivity contribution in [3.05, 3.63) is 64.2 Å². The third-order valence-corrected chi connectivity index (χ3v) is 6.39. The Kier molecular flexibility index (Phi) is 9.08. The maximum absolute atomic E-state index is 13.6. The lowest BCUT2D eigenvalue weighted by molar-refractivity contribution is -0.143. The summed E-state index contributed by atoms with van der Waals surface area (Å²) in [6.07, 6.45) is -17.0. The highest BCUT2D eigenvalue weighted by Gasteiger charge is 2.42. The van der Waals surface area contributed by atoms with E-state index in [9.17, 15) is 49.1 Å². The zero-order valence-corrected chi connectivity index (χ0v) is 21.9. The van der Waals surface area contributed by atoms with Gasteiger partial charge in [-0.25, -0.2) is 9.59 Å². The van der Waals surface area contributed by atoms with E-state index in [0.717, 1.165) is 23.0 Å². The number of hydrogen-bond donors (Lipinski definition) is 0. The molecule has 1 aliphatic heterocycles. The molecule has 0 aliphatic carbocycles. The van der Waals surface area contributed by atoms with Crippen LogP contribution >= 0.6 is 0 Å². The Morgan fingerprint density at radius 3 is 1.95 bits per heavy atom. The number of carbonyl (C=O) groups excluding carboxylic acids is 2. The molecule has 0 radical (unpaired) electrons. The summed E-state index contributed by atoms with van der Waals surface area (Å²) in [6, 6.07) is 1.08. The molecule has 2 aromatic rings. The number of anilines is 1. The quantitative estimate of drug-likeness (QED) is 0.325. The van der Waals surface area contributed by atoms with E-state index in [4.69, 9.17) is 9.47 Å². The van der Waals surface area contributed by atoms with Crippen molar-refractivity contribution in [2.75, 3.05) is 18.6 Å². The molecule has 1 aliphatic rings. The van der Waals surface area contributed by atoms with Gasteiger partial charge in [-0.15, -0.1) is 0 Å². The van der Waals surface area contributed by atoms with Crippen LogP contribution in [0.1, 0.15) is 60.5 Å². The highest BCUT2D eigenvalue weighted by molar-refractivity contribution is 5.90. The van der Waals surface area contributed by atoms with Crippen LogP contribution in [0.4, 0.5) is 54.8 Å². The van der Waals surface area contributed by atoms with Gasteiger partial charge in [0.15, 0.2) is 0 Å². The molecule has 0 saturated carbocycles. The van der Waals surface area contributed by atoms with Crippen molar-refractivity contribution >= 4 is 17.9 Å². The minimum Gasteiger partial charge on any atom is -0.453 e. The van der Waals surface area contributed by atoms with Crippen molar-refractivity contribution < 1.29 is 58.6 Å². The van der Waals surface area contributed by atoms with E-state index < -0.39 is 71.6 Å². The number of ether oxygens (including phenoxy) is 2. The van der Waals surface area contributed by atoms with Gasteiger partial charge in [-0.1, -0.05) is 13.0 Å². The number of amides is 2. The van der Waals surface area contributed by atoms with Gasteiger partial charge in [0.25, 0.3) is 0 Å². The first-order chi connectivity index (χ1) is 18.9. The Morgan fingerprint density at radius 1 is 0.902 bits per heavy atom. The average molecular weight is 600 g/mol. The van der Waals surface area contributed by atoms with Gasteiger partial charge < -0.3 is 9.47 Å². The van der Waals surface area contributed by atoms with E-state index in [2.05, 4.69) is 0 Å². The molecule has 15 heteroatoms. The number of nitrogens with zero attached hydrogens (tertiary/aromatic N) is 2. The maximum atomic E-state index is 13.6. The largest absolute Gasteiger partial charge is 0.453 e. The molecule has 226 valence electrons. The second-order valence-corrected chi connectivity index (χ2v) is 9.37. The van der Waals surface area contributed by atoms with Crippen LogP contribution in [0, 0.1) is 0 Å². The molecule has 2 atom stereocenters. The van der Waals surface area contributed by atoms with Crippen molar-refractivity contribution in [2.24, 2.45) is 0 Å². The predicted molar refractivity (Wildman–Crippen MR) is 127 cm³/mol. The van der Waals surface area contributed by atoms with Crippen LogP contribution in [-0.2, 0) is 34.5 Å². The van der Waals surface area contributed by atoms with Gasteiger partial charge in [0.1, 0.15) is 0 Å². The number of halogens is 9. The van der Waals surface area contributed by atoms with Crippen molar-refractivity contribution in [1.82, 2.24) is 4.90 Å². The summed E-state index contributed by atoms with van der Waals surface area (Å²) in [5.41, 5.74) is -5.19. The number of carbonyl (C=O) groups is 2. The zero-order chi connectivity index (χ0) is 30.9. The van der Waals surface area contributed by atoms with Crippen LogP contribution in [0.25, 0.3) is 0 Å². The highest BCUT2D eigenvalue weighted by Crippen LogP contribution is 2.45. The summed E-state index contributed by atoms with van der Waals surface area (Å²) >= 11 is 0. The fourth-order valence-corrected chi connectivity index (χ4v) is 4.56. The van der Waals surface area contributed by atoms with Crippen LogP contribution in [0.15, 0.2) is 36.4 Å². The van der Waals surface area contributed by atoms with Crippen LogP contribution in [0.5, 0.6) is 0 Å². The fraction of sp³-hybridized carbons (Fsp3) is 0.462. The minimum atomic E-state index is -5.15. The molecule has 0 saturated heterocycles. The fourth-order valence-electron chi connectivity index (χ4n) is 4.56. The van der Waals surface area contributed by atoms with Crippen molar-refractivity contribution in [1.29, 1.82) is 0 Å². The molecule has 0 bridgehead atoms. The number of benzene rings is 2. The molecule has 6 nitrogen and oxygen atoms in total. The molecule has 41 heavy (non-hydrogen) atoms. The Morgan fingerprint density at radius 2 is 1.46 bits per heavy atom. The summed E-state index contributed by atoms with van der Waals surface area (Å²) in [6.45, 7) is 2.29. The average Bonchev–Trinajstić information content (AvgIpc) is 2.87. The van der Waals surface area contributed by atoms with Gasteiger partial charge >= 0.3 is 30.7 Å². The Bertz CT molecular complexity index is 1240. The number of methoxy groups -OCH3 is 1. The summed E-state index contributed by atoms with van der Waals surface area (Å²) < 4.78 is 131. The van der Waals surface area contributed by atoms with E-state index in [-0.39, 0.29) is 30.3 Å². The summed E-state index contributed by atoms with van der Waals surface area (Å²) in [5, 5.41) is 0. The lowest BCUT2D eigenvalue weighted by atomic mass is 9.89. The van der Waals surface area contributed by atoms with Gasteiger partial charge in [0.05, 0.1) is 42.1 Å². The molecular weight excluding hydrogens is 575 g/mol. The number of hydrogen-bond acceptors (Lipinski definition) is 4. The molecule has 0 fully saturated rings. The van der Waals surface area contributed by atoms with Crippen molar-refractivity contribution in [3.63, 3.8) is 0 Å². The maximum Gasteiger partial charge on any atom is 0.416 e. The molecule has 0 aromatic heterocycles. The van der Waals surface area contributed by atoms with Gasteiger partial charge in [-0.3, -0.25) is 9.80 Å². The van der Waals surface area contributed by atoms with Gasteiger partial charge in [-0.2, -0.15) is 39.5 Å². The van der Waals surface area contributed by atoms with Gasteiger partial charge in [0.2, 0.25) is 0 Å². The number of fused-ring (bicyclic) bond motifs is 1. The van der Waals surface area contributed by atoms with E-state index >= 15 is 0 Å². The standard InChI is InChI=1S/C26H25F9N2O4/c1-4-7-41-23(39)37-14(2)8-20(19-6-5-16(12-21(19)37)24(27,28)29)36(22(38)40-3)13-15-9-17(25(30,31)32)11-18(10-15)26(33,34)35/h5-6,9-12,14,20H,4,7-8,13H2,1-3H3. The Hall–Kier alpha value is -3.65. The minimum absolute atomic E-state index is 0.0158. The highest BCUT2D eigenvalue weighted by atomic mass is 19.4. The zero-order valence-electron chi connectivity index (χ0n) is 21.9. The lowest BCUT2D eigenvalue weighted by Crippen LogP contribution is -2.47. The third-order valence-electron chi connectivity index (χ3n) is 6.39. The SMILES string of the molecule is CCCOC(=O)N1c2cc(C(F)(F)F)ccc2C(N(Cc2cc(C(F)(F)F)cc(C(F)(F)F)c2)C(=O)OC)CC1C. The van der Waals surface area contributed by atoms with E-state index in [1.54, 1.807) is 6.92 Å². The summed E-state index contributed by atoms with van der Waals surface area (Å²) in [4.78, 5) is 27.5. The lowest BCUT2D eigenvalue weighted by Gasteiger charge is -2.42. The van der Waals surface area contributed by atoms with Crippen LogP contribution < -0.4 is 4.90 Å². The normalized spacial score (nSPS) is 17.6. The van der Waals surface area contributed by atoms with Crippen molar-refractivity contribution in [3.8, 4) is 0 Å². The van der Waals surface area contributed by atoms with Crippen LogP contribution in [-0.4, -0.2) is 36.8 Å². The Labute approximate surface area is 228 Å². The predicted octanol–water partition coefficient (Wildman–Crippen LogP) is 8.20. The van der Waals surface area contributed by atoms with Crippen molar-refractivity contribution in [2.45, 2.75) is 63.8 Å². The number of rotatable bonds is 5. The molecule has 3 rings (SSSR count). The second kappa shape index (κ2) is 11.7. The topological polar surface area (TPSA) is 59.1 Å². The summed E-state index contributed by atoms with van der Waals surface area (Å²) in [5.74, 6) is 0. The Balaban J connectivity index is 2.17. The monoisotopic (exact) mass is 600 g/mol. The molecule has 2 unspecified atom stereocenters. The molecule has 0 N–H and O–H groups in total. The van der Waals surface area contributed by atoms with E-state index in [1.165, 1.54) is 6.92 Å². The molecule has 2 aromatic carbocycles. The van der Waals surface area contributed by atoms with Crippen LogP contribution in [0.2, 0.25) is 0 Å². The molecular formula is C26H25F9N2O4. The third kappa shape index (κ3) is 7.17. The summed E-state index contributed by atoms with van der Waals surface area (Å²) in [7, 11) is 0.928. The van der Waals surface area contributed by atoms with Crippen LogP contribution in [0.3, 0.4) is 0 Å². The molecule has 2 amide bonds. The molecule has 1 heterocycles. The smallest absolute Gasteiger partial charge is 0.416 e. The van der Waals surface area contributed by atoms with Gasteiger partial charge in [-0.05, 0) is 61.2 Å². The first kappa shape index (κ1) is 31.9.